The highest BCUT2D eigenvalue weighted by atomic mass is 16.5. The monoisotopic (exact) mass is 375 g/mol. The number of carbonyl (C=O) groups excluding carboxylic acids is 1. The number of methoxy groups -OCH3 is 2. The number of pyridine rings is 1. The lowest BCUT2D eigenvalue weighted by Crippen LogP contribution is -2.00. The van der Waals surface area contributed by atoms with E-state index in [9.17, 15) is 4.79 Å². The number of imidazole rings is 1. The summed E-state index contributed by atoms with van der Waals surface area (Å²) in [4.78, 5) is 23.9. The van der Waals surface area contributed by atoms with Crippen LogP contribution in [-0.2, 0) is 4.79 Å². The van der Waals surface area contributed by atoms with Crippen molar-refractivity contribution in [1.29, 1.82) is 0 Å². The molecule has 0 unspecified atom stereocenters. The van der Waals surface area contributed by atoms with Crippen LogP contribution in [0.5, 0.6) is 11.8 Å². The van der Waals surface area contributed by atoms with Crippen molar-refractivity contribution in [3.63, 3.8) is 0 Å². The Kier molecular flexibility index (Phi) is 4.59. The fraction of sp³-hybridized carbons (Fsp3) is 0.100. The minimum absolute atomic E-state index is 0.288. The second kappa shape index (κ2) is 7.36. The largest absolute Gasteiger partial charge is 0.496 e. The number of carbonyl (C=O) groups is 1. The Morgan fingerprint density at radius 2 is 1.79 bits per heavy atom. The molecule has 0 atom stereocenters. The third-order valence-corrected chi connectivity index (χ3v) is 4.34. The minimum atomic E-state index is 0.288. The number of benzene rings is 1. The van der Waals surface area contributed by atoms with Gasteiger partial charge < -0.3 is 14.8 Å². The molecule has 4 aromatic rings. The first-order chi connectivity index (χ1) is 13.7. The second-order valence-corrected chi connectivity index (χ2v) is 5.90. The van der Waals surface area contributed by atoms with Gasteiger partial charge in [-0.05, 0) is 12.1 Å². The van der Waals surface area contributed by atoms with Crippen molar-refractivity contribution >= 4 is 17.7 Å². The molecule has 8 heteroatoms. The number of rotatable bonds is 6. The predicted molar refractivity (Wildman–Crippen MR) is 104 cm³/mol. The fourth-order valence-corrected chi connectivity index (χ4v) is 3.05. The number of hydrogen-bond acceptors (Lipinski definition) is 6. The van der Waals surface area contributed by atoms with Crippen molar-refractivity contribution in [1.82, 2.24) is 19.4 Å². The third-order valence-electron chi connectivity index (χ3n) is 4.34. The van der Waals surface area contributed by atoms with Gasteiger partial charge in [-0.25, -0.2) is 15.0 Å². The van der Waals surface area contributed by atoms with E-state index in [0.29, 0.717) is 17.7 Å². The minimum Gasteiger partial charge on any atom is -0.496 e. The zero-order valence-corrected chi connectivity index (χ0v) is 15.3. The van der Waals surface area contributed by atoms with Gasteiger partial charge >= 0.3 is 6.01 Å². The Labute approximate surface area is 160 Å². The highest BCUT2D eigenvalue weighted by Crippen LogP contribution is 2.34. The number of amides is 1. The molecule has 0 saturated carbocycles. The van der Waals surface area contributed by atoms with Gasteiger partial charge in [0.1, 0.15) is 5.75 Å². The van der Waals surface area contributed by atoms with Gasteiger partial charge in [-0.1, -0.05) is 18.2 Å². The van der Waals surface area contributed by atoms with E-state index in [-0.39, 0.29) is 6.01 Å². The van der Waals surface area contributed by atoms with Gasteiger partial charge in [0.25, 0.3) is 0 Å². The molecular weight excluding hydrogens is 358 g/mol. The number of para-hydroxylation sites is 1. The molecule has 4 rings (SSSR count). The number of nitrogens with one attached hydrogen (secondary N) is 1. The van der Waals surface area contributed by atoms with Crippen molar-refractivity contribution in [3.05, 3.63) is 55.1 Å². The average Bonchev–Trinajstić information content (AvgIpc) is 3.18. The van der Waals surface area contributed by atoms with E-state index in [1.165, 1.54) is 7.11 Å². The maximum absolute atomic E-state index is 11.1. The van der Waals surface area contributed by atoms with E-state index in [0.717, 1.165) is 28.1 Å². The zero-order valence-electron chi connectivity index (χ0n) is 15.3. The van der Waals surface area contributed by atoms with E-state index in [1.807, 2.05) is 40.9 Å². The average molecular weight is 375 g/mol. The van der Waals surface area contributed by atoms with E-state index >= 15 is 0 Å². The predicted octanol–water partition coefficient (Wildman–Crippen LogP) is 3.04. The van der Waals surface area contributed by atoms with Gasteiger partial charge in [-0.3, -0.25) is 9.20 Å². The molecule has 8 nitrogen and oxygen atoms in total. The fourth-order valence-electron chi connectivity index (χ4n) is 3.05. The number of aromatic nitrogens is 4. The molecule has 3 heterocycles. The Morgan fingerprint density at radius 3 is 2.50 bits per heavy atom. The third kappa shape index (κ3) is 3.01. The maximum Gasteiger partial charge on any atom is 0.316 e. The van der Waals surface area contributed by atoms with Crippen LogP contribution in [0.2, 0.25) is 0 Å². The van der Waals surface area contributed by atoms with Crippen molar-refractivity contribution in [2.75, 3.05) is 19.5 Å². The summed E-state index contributed by atoms with van der Waals surface area (Å²) in [6.07, 6.45) is 7.61. The van der Waals surface area contributed by atoms with Crippen molar-refractivity contribution in [3.8, 4) is 34.1 Å². The van der Waals surface area contributed by atoms with Gasteiger partial charge in [0.05, 0.1) is 31.8 Å². The number of anilines is 1. The summed E-state index contributed by atoms with van der Waals surface area (Å²) in [5, 5.41) is 2.73. The zero-order chi connectivity index (χ0) is 19.5. The summed E-state index contributed by atoms with van der Waals surface area (Å²) in [6, 6.07) is 9.83. The highest BCUT2D eigenvalue weighted by Gasteiger charge is 2.14. The number of ether oxygens (including phenoxy) is 2. The Morgan fingerprint density at radius 1 is 1.00 bits per heavy atom. The van der Waals surface area contributed by atoms with Gasteiger partial charge in [0, 0.05) is 35.3 Å². The van der Waals surface area contributed by atoms with Crippen LogP contribution in [0.3, 0.4) is 0 Å². The first-order valence-corrected chi connectivity index (χ1v) is 8.46. The van der Waals surface area contributed by atoms with Crippen LogP contribution >= 0.6 is 0 Å². The molecule has 140 valence electrons. The molecule has 0 fully saturated rings. The molecule has 1 amide bonds. The van der Waals surface area contributed by atoms with Crippen LogP contribution in [0.4, 0.5) is 5.69 Å². The van der Waals surface area contributed by atoms with Crippen LogP contribution in [0, 0.1) is 0 Å². The SMILES string of the molecule is COc1ncc(-c2cnc3c(NC=O)cc(-c4ccccc4OC)cn23)cn1. The Bertz CT molecular complexity index is 1140. The number of nitrogens with zero attached hydrogens (tertiary/aromatic N) is 4. The molecule has 0 saturated heterocycles. The normalized spacial score (nSPS) is 10.6. The standard InChI is InChI=1S/C20H17N5O3/c1-27-18-6-4-3-5-15(18)13-7-16(24-12-26)19-21-10-17(25(19)11-13)14-8-22-20(28-2)23-9-14/h3-12H,1-2H3,(H,24,26). The van der Waals surface area contributed by atoms with Gasteiger partial charge in [0.2, 0.25) is 6.41 Å². The Balaban J connectivity index is 1.94. The summed E-state index contributed by atoms with van der Waals surface area (Å²) in [6.45, 7) is 0. The quantitative estimate of drug-likeness (QED) is 0.521. The molecule has 0 aliphatic heterocycles. The lowest BCUT2D eigenvalue weighted by molar-refractivity contribution is -0.105. The van der Waals surface area contributed by atoms with Crippen molar-refractivity contribution in [2.45, 2.75) is 0 Å². The van der Waals surface area contributed by atoms with Gasteiger partial charge in [-0.2, -0.15) is 0 Å². The van der Waals surface area contributed by atoms with E-state index < -0.39 is 0 Å². The summed E-state index contributed by atoms with van der Waals surface area (Å²) in [5.74, 6) is 0.730. The molecule has 1 aromatic carbocycles. The van der Waals surface area contributed by atoms with Gasteiger partial charge in [-0.15, -0.1) is 0 Å². The lowest BCUT2D eigenvalue weighted by atomic mass is 10.1. The van der Waals surface area contributed by atoms with Crippen LogP contribution in [0.25, 0.3) is 28.0 Å². The topological polar surface area (TPSA) is 90.6 Å². The van der Waals surface area contributed by atoms with Crippen LogP contribution in [-0.4, -0.2) is 40.0 Å². The van der Waals surface area contributed by atoms with Crippen molar-refractivity contribution in [2.24, 2.45) is 0 Å². The summed E-state index contributed by atoms with van der Waals surface area (Å²) >= 11 is 0. The van der Waals surface area contributed by atoms with Crippen LogP contribution in [0.15, 0.2) is 55.1 Å². The van der Waals surface area contributed by atoms with E-state index in [2.05, 4.69) is 20.3 Å². The summed E-state index contributed by atoms with van der Waals surface area (Å²) in [5.41, 5.74) is 4.50. The lowest BCUT2D eigenvalue weighted by Gasteiger charge is -2.12. The van der Waals surface area contributed by atoms with E-state index in [1.54, 1.807) is 25.7 Å². The molecule has 0 bridgehead atoms. The van der Waals surface area contributed by atoms with Crippen LogP contribution < -0.4 is 14.8 Å². The Hall–Kier alpha value is -3.94. The van der Waals surface area contributed by atoms with Gasteiger partial charge in [0.15, 0.2) is 5.65 Å². The molecule has 0 spiro atoms. The highest BCUT2D eigenvalue weighted by molar-refractivity contribution is 5.86. The number of fused-ring (bicyclic) bond motifs is 1. The maximum atomic E-state index is 11.1. The second-order valence-electron chi connectivity index (χ2n) is 5.90. The summed E-state index contributed by atoms with van der Waals surface area (Å²) < 4.78 is 12.4. The smallest absolute Gasteiger partial charge is 0.316 e. The molecule has 0 radical (unpaired) electrons. The molecule has 0 aliphatic carbocycles. The summed E-state index contributed by atoms with van der Waals surface area (Å²) in [7, 11) is 3.14. The van der Waals surface area contributed by atoms with E-state index in [4.69, 9.17) is 9.47 Å². The molecule has 28 heavy (non-hydrogen) atoms. The number of hydrogen-bond donors (Lipinski definition) is 1. The first-order valence-electron chi connectivity index (χ1n) is 8.46. The molecule has 3 aromatic heterocycles. The molecular formula is C20H17N5O3. The first kappa shape index (κ1) is 17.5. The van der Waals surface area contributed by atoms with Crippen LogP contribution in [0.1, 0.15) is 0 Å². The van der Waals surface area contributed by atoms with Crippen molar-refractivity contribution < 1.29 is 14.3 Å². The molecule has 0 aliphatic rings. The molecule has 1 N–H and O–H groups in total.